The summed E-state index contributed by atoms with van der Waals surface area (Å²) in [4.78, 5) is 11.9. The van der Waals surface area contributed by atoms with Crippen molar-refractivity contribution >= 4 is 11.6 Å². The molecule has 0 bridgehead atoms. The Morgan fingerprint density at radius 3 is 2.45 bits per heavy atom. The minimum absolute atomic E-state index is 0.0457. The molecule has 0 aliphatic rings. The number of aromatic hydroxyl groups is 1. The number of aliphatic hydroxyl groups excluding tert-OH is 1. The zero-order valence-corrected chi connectivity index (χ0v) is 17.6. The Bertz CT molecular complexity index is 1110. The molecular formula is C25H26N2O4. The number of phenols is 1. The number of ketones is 1. The van der Waals surface area contributed by atoms with Gasteiger partial charge >= 0.3 is 0 Å². The summed E-state index contributed by atoms with van der Waals surface area (Å²) in [6.07, 6.45) is -0.512. The van der Waals surface area contributed by atoms with E-state index in [4.69, 9.17) is 15.9 Å². The number of benzene rings is 3. The standard InChI is InChI=1S/C25H26N2O4/c1-3-21(28)20-11-12-22(15(2)23(20)29)31-14-16-7-9-17(10-8-16)24(30)18-5-4-6-19(13-18)25(26)27/h4-13,24,29-30H,3,14H2,1-2H3,(H3,26,27). The van der Waals surface area contributed by atoms with Crippen molar-refractivity contribution in [1.29, 1.82) is 5.41 Å². The molecule has 0 aliphatic carbocycles. The van der Waals surface area contributed by atoms with E-state index in [1.807, 2.05) is 24.3 Å². The largest absolute Gasteiger partial charge is 0.507 e. The second kappa shape index (κ2) is 9.45. The van der Waals surface area contributed by atoms with Gasteiger partial charge < -0.3 is 20.7 Å². The van der Waals surface area contributed by atoms with E-state index in [9.17, 15) is 15.0 Å². The molecule has 0 saturated heterocycles. The van der Waals surface area contributed by atoms with Crippen LogP contribution < -0.4 is 10.5 Å². The number of aliphatic hydroxyl groups is 1. The third-order valence-electron chi connectivity index (χ3n) is 5.21. The van der Waals surface area contributed by atoms with Crippen LogP contribution in [0.15, 0.2) is 60.7 Å². The second-order valence-corrected chi connectivity index (χ2v) is 7.33. The molecule has 0 fully saturated rings. The van der Waals surface area contributed by atoms with Gasteiger partial charge in [0.1, 0.15) is 30.0 Å². The SMILES string of the molecule is CCC(=O)c1ccc(OCc2ccc(C(O)c3cccc(C(=N)N)c3)cc2)c(C)c1O. The van der Waals surface area contributed by atoms with Gasteiger partial charge in [0.2, 0.25) is 0 Å². The van der Waals surface area contributed by atoms with Crippen LogP contribution in [0.4, 0.5) is 0 Å². The van der Waals surface area contributed by atoms with E-state index in [2.05, 4.69) is 0 Å². The van der Waals surface area contributed by atoms with Crippen molar-refractivity contribution in [1.82, 2.24) is 0 Å². The van der Waals surface area contributed by atoms with Gasteiger partial charge in [-0.25, -0.2) is 0 Å². The Hall–Kier alpha value is -3.64. The maximum Gasteiger partial charge on any atom is 0.166 e. The predicted molar refractivity (Wildman–Crippen MR) is 120 cm³/mol. The van der Waals surface area contributed by atoms with Gasteiger partial charge in [-0.05, 0) is 41.8 Å². The molecule has 0 spiro atoms. The number of hydrogen-bond acceptors (Lipinski definition) is 5. The minimum atomic E-state index is -0.836. The Morgan fingerprint density at radius 2 is 1.81 bits per heavy atom. The summed E-state index contributed by atoms with van der Waals surface area (Å²) >= 11 is 0. The lowest BCUT2D eigenvalue weighted by Crippen LogP contribution is -2.12. The van der Waals surface area contributed by atoms with Crippen molar-refractivity contribution in [3.63, 3.8) is 0 Å². The number of hydrogen-bond donors (Lipinski definition) is 4. The lowest BCUT2D eigenvalue weighted by molar-refractivity contribution is 0.0985. The molecule has 0 heterocycles. The number of rotatable bonds is 8. The lowest BCUT2D eigenvalue weighted by Gasteiger charge is -2.15. The van der Waals surface area contributed by atoms with Crippen LogP contribution in [-0.2, 0) is 6.61 Å². The van der Waals surface area contributed by atoms with Gasteiger partial charge in [0.05, 0.1) is 5.56 Å². The highest BCUT2D eigenvalue weighted by Crippen LogP contribution is 2.32. The average molecular weight is 418 g/mol. The first-order valence-corrected chi connectivity index (χ1v) is 10.0. The summed E-state index contributed by atoms with van der Waals surface area (Å²) in [5.74, 6) is 0.302. The van der Waals surface area contributed by atoms with Gasteiger partial charge in [0.25, 0.3) is 0 Å². The van der Waals surface area contributed by atoms with Crippen LogP contribution in [0.5, 0.6) is 11.5 Å². The van der Waals surface area contributed by atoms with Crippen molar-refractivity contribution < 1.29 is 19.7 Å². The van der Waals surface area contributed by atoms with Crippen molar-refractivity contribution in [3.05, 3.63) is 94.0 Å². The number of ether oxygens (including phenoxy) is 1. The summed E-state index contributed by atoms with van der Waals surface area (Å²) in [5.41, 5.74) is 9.18. The van der Waals surface area contributed by atoms with E-state index >= 15 is 0 Å². The zero-order chi connectivity index (χ0) is 22.5. The smallest absolute Gasteiger partial charge is 0.166 e. The number of nitrogens with one attached hydrogen (secondary N) is 1. The summed E-state index contributed by atoms with van der Waals surface area (Å²) in [7, 11) is 0. The number of carbonyl (C=O) groups excluding carboxylic acids is 1. The molecule has 0 aromatic heterocycles. The van der Waals surface area contributed by atoms with Gasteiger partial charge in [0.15, 0.2) is 5.78 Å². The summed E-state index contributed by atoms with van der Waals surface area (Å²) in [5, 5.41) is 28.5. The van der Waals surface area contributed by atoms with Crippen LogP contribution in [0.2, 0.25) is 0 Å². The normalized spacial score (nSPS) is 11.7. The molecule has 5 N–H and O–H groups in total. The van der Waals surface area contributed by atoms with Crippen LogP contribution in [-0.4, -0.2) is 21.8 Å². The second-order valence-electron chi connectivity index (χ2n) is 7.33. The van der Waals surface area contributed by atoms with Gasteiger partial charge in [-0.1, -0.05) is 49.4 Å². The number of nitrogens with two attached hydrogens (primary N) is 1. The maximum atomic E-state index is 11.9. The third-order valence-corrected chi connectivity index (χ3v) is 5.21. The van der Waals surface area contributed by atoms with Gasteiger partial charge in [-0.2, -0.15) is 0 Å². The molecule has 0 amide bonds. The molecule has 0 radical (unpaired) electrons. The topological polar surface area (TPSA) is 117 Å². The zero-order valence-electron chi connectivity index (χ0n) is 17.6. The predicted octanol–water partition coefficient (Wildman–Crippen LogP) is 4.24. The number of carbonyl (C=O) groups is 1. The highest BCUT2D eigenvalue weighted by molar-refractivity contribution is 5.99. The van der Waals surface area contributed by atoms with Crippen LogP contribution in [0.1, 0.15) is 57.6 Å². The fraction of sp³-hybridized carbons (Fsp3) is 0.200. The van der Waals surface area contributed by atoms with Crippen molar-refractivity contribution in [2.45, 2.75) is 33.0 Å². The molecule has 31 heavy (non-hydrogen) atoms. The van der Waals surface area contributed by atoms with E-state index in [1.54, 1.807) is 50.2 Å². The molecule has 0 saturated carbocycles. The molecule has 0 aliphatic heterocycles. The van der Waals surface area contributed by atoms with E-state index in [-0.39, 0.29) is 24.0 Å². The lowest BCUT2D eigenvalue weighted by atomic mass is 9.98. The molecule has 1 unspecified atom stereocenters. The monoisotopic (exact) mass is 418 g/mol. The van der Waals surface area contributed by atoms with Crippen molar-refractivity contribution in [2.75, 3.05) is 0 Å². The fourth-order valence-corrected chi connectivity index (χ4v) is 3.28. The number of phenolic OH excluding ortho intramolecular Hbond substituents is 1. The molecule has 1 atom stereocenters. The van der Waals surface area contributed by atoms with Crippen LogP contribution in [0.25, 0.3) is 0 Å². The summed E-state index contributed by atoms with van der Waals surface area (Å²) < 4.78 is 5.83. The third kappa shape index (κ3) is 4.92. The van der Waals surface area contributed by atoms with E-state index in [0.717, 1.165) is 5.56 Å². The van der Waals surface area contributed by atoms with E-state index in [0.29, 0.717) is 40.0 Å². The first-order chi connectivity index (χ1) is 14.8. The van der Waals surface area contributed by atoms with Crippen LogP contribution >= 0.6 is 0 Å². The average Bonchev–Trinajstić information content (AvgIpc) is 2.79. The molecular weight excluding hydrogens is 392 g/mol. The molecule has 3 rings (SSSR count). The van der Waals surface area contributed by atoms with E-state index < -0.39 is 6.10 Å². The van der Waals surface area contributed by atoms with Gasteiger partial charge in [0, 0.05) is 17.5 Å². The minimum Gasteiger partial charge on any atom is -0.507 e. The molecule has 6 heteroatoms. The maximum absolute atomic E-state index is 11.9. The first kappa shape index (κ1) is 22.1. The highest BCUT2D eigenvalue weighted by atomic mass is 16.5. The summed E-state index contributed by atoms with van der Waals surface area (Å²) in [6, 6.07) is 17.6. The fourth-order valence-electron chi connectivity index (χ4n) is 3.28. The van der Waals surface area contributed by atoms with Crippen molar-refractivity contribution in [2.24, 2.45) is 5.73 Å². The van der Waals surface area contributed by atoms with Crippen molar-refractivity contribution in [3.8, 4) is 11.5 Å². The van der Waals surface area contributed by atoms with Gasteiger partial charge in [-0.15, -0.1) is 0 Å². The first-order valence-electron chi connectivity index (χ1n) is 10.0. The van der Waals surface area contributed by atoms with Gasteiger partial charge in [-0.3, -0.25) is 10.2 Å². The van der Waals surface area contributed by atoms with E-state index in [1.165, 1.54) is 0 Å². The number of Topliss-reactive ketones (excluding diaryl/α,β-unsaturated/α-hetero) is 1. The Kier molecular flexibility index (Phi) is 6.72. The molecule has 6 nitrogen and oxygen atoms in total. The number of nitrogen functional groups attached to an aromatic ring is 1. The highest BCUT2D eigenvalue weighted by Gasteiger charge is 2.15. The summed E-state index contributed by atoms with van der Waals surface area (Å²) in [6.45, 7) is 3.74. The molecule has 3 aromatic rings. The van der Waals surface area contributed by atoms with Crippen LogP contribution in [0, 0.1) is 12.3 Å². The Balaban J connectivity index is 1.70. The molecule has 160 valence electrons. The number of amidine groups is 1. The Labute approximate surface area is 181 Å². The quantitative estimate of drug-likeness (QED) is 0.248. The van der Waals surface area contributed by atoms with Crippen LogP contribution in [0.3, 0.4) is 0 Å². The molecule has 3 aromatic carbocycles. The Morgan fingerprint density at radius 1 is 1.10 bits per heavy atom.